The van der Waals surface area contributed by atoms with Gasteiger partial charge in [0.15, 0.2) is 6.61 Å². The fourth-order valence-electron chi connectivity index (χ4n) is 2.36. The molecule has 0 aliphatic carbocycles. The van der Waals surface area contributed by atoms with Crippen LogP contribution in [0.2, 0.25) is 0 Å². The number of carboxylic acids is 1. The van der Waals surface area contributed by atoms with Crippen molar-refractivity contribution in [1.29, 1.82) is 0 Å². The molecule has 2 rings (SSSR count). The summed E-state index contributed by atoms with van der Waals surface area (Å²) in [4.78, 5) is 24.2. The van der Waals surface area contributed by atoms with Gasteiger partial charge in [0.25, 0.3) is 0 Å². The van der Waals surface area contributed by atoms with Gasteiger partial charge in [-0.15, -0.1) is 0 Å². The van der Waals surface area contributed by atoms with E-state index < -0.39 is 5.97 Å². The molecule has 6 nitrogen and oxygen atoms in total. The lowest BCUT2D eigenvalue weighted by atomic mass is 10.0. The lowest BCUT2D eigenvalue weighted by Crippen LogP contribution is -2.26. The summed E-state index contributed by atoms with van der Waals surface area (Å²) in [6, 6.07) is 6.81. The van der Waals surface area contributed by atoms with Gasteiger partial charge >= 0.3 is 5.97 Å². The van der Waals surface area contributed by atoms with Crippen LogP contribution in [-0.4, -0.2) is 43.9 Å². The first-order chi connectivity index (χ1) is 10.6. The standard InChI is InChI=1S/C16H21NO5/c1-17(15(18)7-2-12-8-9-21-10-12)13-3-5-14(6-4-13)22-11-16(19)20/h3-6,12H,2,7-11H2,1H3,(H,19,20). The molecule has 1 unspecified atom stereocenters. The number of carboxylic acid groups (broad SMARTS) is 1. The number of rotatable bonds is 7. The highest BCUT2D eigenvalue weighted by Crippen LogP contribution is 2.22. The number of hydrogen-bond donors (Lipinski definition) is 1. The second-order valence-corrected chi connectivity index (χ2v) is 5.40. The van der Waals surface area contributed by atoms with Crippen LogP contribution in [0, 0.1) is 5.92 Å². The largest absolute Gasteiger partial charge is 0.482 e. The Kier molecular flexibility index (Phi) is 5.77. The minimum Gasteiger partial charge on any atom is -0.482 e. The molecule has 0 aromatic heterocycles. The summed E-state index contributed by atoms with van der Waals surface area (Å²) < 4.78 is 10.4. The summed E-state index contributed by atoms with van der Waals surface area (Å²) in [7, 11) is 1.74. The average molecular weight is 307 g/mol. The number of nitrogens with zero attached hydrogens (tertiary/aromatic N) is 1. The number of carbonyl (C=O) groups is 2. The summed E-state index contributed by atoms with van der Waals surface area (Å²) in [6.07, 6.45) is 2.39. The van der Waals surface area contributed by atoms with Crippen LogP contribution in [0.4, 0.5) is 5.69 Å². The number of anilines is 1. The molecule has 1 fully saturated rings. The average Bonchev–Trinajstić information content (AvgIpc) is 3.03. The second kappa shape index (κ2) is 7.79. The second-order valence-electron chi connectivity index (χ2n) is 5.40. The predicted molar refractivity (Wildman–Crippen MR) is 81.1 cm³/mol. The zero-order chi connectivity index (χ0) is 15.9. The van der Waals surface area contributed by atoms with Crippen LogP contribution in [0.15, 0.2) is 24.3 Å². The highest BCUT2D eigenvalue weighted by molar-refractivity contribution is 5.92. The molecule has 0 radical (unpaired) electrons. The lowest BCUT2D eigenvalue weighted by Gasteiger charge is -2.18. The molecule has 120 valence electrons. The Hall–Kier alpha value is -2.08. The summed E-state index contributed by atoms with van der Waals surface area (Å²) in [6.45, 7) is 1.18. The van der Waals surface area contributed by atoms with E-state index in [-0.39, 0.29) is 12.5 Å². The molecular weight excluding hydrogens is 286 g/mol. The van der Waals surface area contributed by atoms with E-state index >= 15 is 0 Å². The van der Waals surface area contributed by atoms with E-state index in [1.807, 2.05) is 0 Å². The highest BCUT2D eigenvalue weighted by Gasteiger charge is 2.18. The molecule has 1 saturated heterocycles. The van der Waals surface area contributed by atoms with E-state index in [0.29, 0.717) is 18.1 Å². The van der Waals surface area contributed by atoms with Crippen molar-refractivity contribution >= 4 is 17.6 Å². The van der Waals surface area contributed by atoms with E-state index in [0.717, 1.165) is 31.7 Å². The van der Waals surface area contributed by atoms with Crippen molar-refractivity contribution < 1.29 is 24.2 Å². The van der Waals surface area contributed by atoms with Crippen LogP contribution >= 0.6 is 0 Å². The van der Waals surface area contributed by atoms with Crippen molar-refractivity contribution in [1.82, 2.24) is 0 Å². The van der Waals surface area contributed by atoms with E-state index in [4.69, 9.17) is 14.6 Å². The van der Waals surface area contributed by atoms with Crippen LogP contribution < -0.4 is 9.64 Å². The Balaban J connectivity index is 1.83. The van der Waals surface area contributed by atoms with E-state index in [1.54, 1.807) is 36.2 Å². The van der Waals surface area contributed by atoms with Gasteiger partial charge < -0.3 is 19.5 Å². The highest BCUT2D eigenvalue weighted by atomic mass is 16.5. The zero-order valence-electron chi connectivity index (χ0n) is 12.7. The number of carbonyl (C=O) groups excluding carboxylic acids is 1. The number of benzene rings is 1. The molecule has 1 aromatic rings. The molecule has 1 heterocycles. The van der Waals surface area contributed by atoms with Gasteiger partial charge in [0.2, 0.25) is 5.91 Å². The normalized spacial score (nSPS) is 17.2. The molecular formula is C16H21NO5. The summed E-state index contributed by atoms with van der Waals surface area (Å²) in [5.74, 6) is -0.00221. The van der Waals surface area contributed by atoms with E-state index in [1.165, 1.54) is 0 Å². The van der Waals surface area contributed by atoms with Gasteiger partial charge in [-0.05, 0) is 43.0 Å². The van der Waals surface area contributed by atoms with Crippen molar-refractivity contribution in [2.45, 2.75) is 19.3 Å². The molecule has 1 N–H and O–H groups in total. The van der Waals surface area contributed by atoms with Crippen molar-refractivity contribution in [2.24, 2.45) is 5.92 Å². The molecule has 1 aromatic carbocycles. The maximum Gasteiger partial charge on any atom is 0.341 e. The summed E-state index contributed by atoms with van der Waals surface area (Å²) in [5.41, 5.74) is 0.760. The number of hydrogen-bond acceptors (Lipinski definition) is 4. The summed E-state index contributed by atoms with van der Waals surface area (Å²) in [5, 5.41) is 8.55. The third kappa shape index (κ3) is 4.73. The van der Waals surface area contributed by atoms with Gasteiger partial charge in [-0.1, -0.05) is 0 Å². The fourth-order valence-corrected chi connectivity index (χ4v) is 2.36. The van der Waals surface area contributed by atoms with Crippen molar-refractivity contribution in [3.63, 3.8) is 0 Å². The van der Waals surface area contributed by atoms with E-state index in [2.05, 4.69) is 0 Å². The maximum absolute atomic E-state index is 12.2. The first kappa shape index (κ1) is 16.3. The van der Waals surface area contributed by atoms with Gasteiger partial charge in [0.05, 0.1) is 0 Å². The van der Waals surface area contributed by atoms with Gasteiger partial charge in [0, 0.05) is 32.4 Å². The molecule has 0 saturated carbocycles. The van der Waals surface area contributed by atoms with Crippen LogP contribution in [0.1, 0.15) is 19.3 Å². The molecule has 0 spiro atoms. The van der Waals surface area contributed by atoms with Crippen LogP contribution in [-0.2, 0) is 14.3 Å². The third-order valence-corrected chi connectivity index (χ3v) is 3.75. The maximum atomic E-state index is 12.2. The fraction of sp³-hybridized carbons (Fsp3) is 0.500. The quantitative estimate of drug-likeness (QED) is 0.833. The first-order valence-electron chi connectivity index (χ1n) is 7.35. The van der Waals surface area contributed by atoms with E-state index in [9.17, 15) is 9.59 Å². The molecule has 1 aliphatic rings. The van der Waals surface area contributed by atoms with Crippen molar-refractivity contribution in [2.75, 3.05) is 31.8 Å². The van der Waals surface area contributed by atoms with Crippen molar-refractivity contribution in [3.8, 4) is 5.75 Å². The van der Waals surface area contributed by atoms with Gasteiger partial charge in [-0.25, -0.2) is 4.79 Å². The van der Waals surface area contributed by atoms with Crippen LogP contribution in [0.25, 0.3) is 0 Å². The third-order valence-electron chi connectivity index (χ3n) is 3.75. The molecule has 0 bridgehead atoms. The topological polar surface area (TPSA) is 76.1 Å². The molecule has 1 aliphatic heterocycles. The van der Waals surface area contributed by atoms with Gasteiger partial charge in [0.1, 0.15) is 5.75 Å². The first-order valence-corrected chi connectivity index (χ1v) is 7.35. The lowest BCUT2D eigenvalue weighted by molar-refractivity contribution is -0.139. The predicted octanol–water partition coefficient (Wildman–Crippen LogP) is 1.93. The zero-order valence-corrected chi connectivity index (χ0v) is 12.7. The Morgan fingerprint density at radius 2 is 2.09 bits per heavy atom. The Morgan fingerprint density at radius 3 is 2.68 bits per heavy atom. The molecule has 6 heteroatoms. The Morgan fingerprint density at radius 1 is 1.36 bits per heavy atom. The number of amides is 1. The smallest absolute Gasteiger partial charge is 0.341 e. The minimum absolute atomic E-state index is 0.0612. The molecule has 1 atom stereocenters. The van der Waals surface area contributed by atoms with Crippen LogP contribution in [0.3, 0.4) is 0 Å². The molecule has 1 amide bonds. The Labute approximate surface area is 129 Å². The van der Waals surface area contributed by atoms with Crippen LogP contribution in [0.5, 0.6) is 5.75 Å². The number of aliphatic carboxylic acids is 1. The SMILES string of the molecule is CN(C(=O)CCC1CCOC1)c1ccc(OCC(=O)O)cc1. The van der Waals surface area contributed by atoms with Crippen molar-refractivity contribution in [3.05, 3.63) is 24.3 Å². The Bertz CT molecular complexity index is 508. The van der Waals surface area contributed by atoms with Gasteiger partial charge in [-0.3, -0.25) is 4.79 Å². The monoisotopic (exact) mass is 307 g/mol. The minimum atomic E-state index is -1.02. The van der Waals surface area contributed by atoms with Gasteiger partial charge in [-0.2, -0.15) is 0 Å². The molecule has 22 heavy (non-hydrogen) atoms. The summed E-state index contributed by atoms with van der Waals surface area (Å²) >= 11 is 0. The number of ether oxygens (including phenoxy) is 2.